The van der Waals surface area contributed by atoms with Gasteiger partial charge in [-0.2, -0.15) is 0 Å². The molecule has 0 aliphatic carbocycles. The van der Waals surface area contributed by atoms with Crippen LogP contribution in [0.4, 0.5) is 0 Å². The van der Waals surface area contributed by atoms with Gasteiger partial charge in [0, 0.05) is 0 Å². The summed E-state index contributed by atoms with van der Waals surface area (Å²) >= 11 is 3.17. The average Bonchev–Trinajstić information content (AvgIpc) is 3.03. The first-order chi connectivity index (χ1) is 14.4. The molecule has 8 nitrogen and oxygen atoms in total. The minimum atomic E-state index is -2.43. The second-order valence-corrected chi connectivity index (χ2v) is 7.43. The largest absolute Gasteiger partial charge is 0.465 e. The Bertz CT molecular complexity index is 904. The van der Waals surface area contributed by atoms with Gasteiger partial charge in [-0.05, 0) is 24.3 Å². The van der Waals surface area contributed by atoms with Gasteiger partial charge in [0.2, 0.25) is 0 Å². The molecule has 2 aromatic rings. The zero-order valence-corrected chi connectivity index (χ0v) is 17.5. The number of rotatable bonds is 6. The van der Waals surface area contributed by atoms with Crippen molar-refractivity contribution < 1.29 is 38.4 Å². The minimum Gasteiger partial charge on any atom is -0.465 e. The number of aliphatic hydroxyl groups is 1. The third-order valence-electron chi connectivity index (χ3n) is 4.48. The summed E-state index contributed by atoms with van der Waals surface area (Å²) in [5.74, 6) is -4.84. The Morgan fingerprint density at radius 3 is 2.07 bits per heavy atom. The molecule has 0 amide bonds. The van der Waals surface area contributed by atoms with E-state index in [9.17, 15) is 19.5 Å². The standard InChI is InChI=1S/C21H19BrO8/c1-27-20(25)21(26)17(22)16(29-19(24)14-10-6-3-7-11-14)15(30-21)12-28-18(23)13-8-4-2-5-9-13/h2-11,15-17,26H,12H2,1H3/t15-,16-,17-,21?/m1/s1. The van der Waals surface area contributed by atoms with E-state index in [1.165, 1.54) is 0 Å². The molecule has 1 saturated heterocycles. The van der Waals surface area contributed by atoms with Crippen LogP contribution in [0.1, 0.15) is 20.7 Å². The predicted molar refractivity (Wildman–Crippen MR) is 107 cm³/mol. The Balaban J connectivity index is 1.77. The number of ether oxygens (including phenoxy) is 4. The highest BCUT2D eigenvalue weighted by atomic mass is 79.9. The van der Waals surface area contributed by atoms with Crippen molar-refractivity contribution in [3.63, 3.8) is 0 Å². The monoisotopic (exact) mass is 478 g/mol. The minimum absolute atomic E-state index is 0.269. The summed E-state index contributed by atoms with van der Waals surface area (Å²) in [6.45, 7) is -0.373. The number of esters is 3. The Hall–Kier alpha value is -2.75. The molecule has 1 aliphatic heterocycles. The predicted octanol–water partition coefficient (Wildman–Crippen LogP) is 2.09. The lowest BCUT2D eigenvalue weighted by Crippen LogP contribution is -2.48. The van der Waals surface area contributed by atoms with E-state index >= 15 is 0 Å². The first-order valence-corrected chi connectivity index (χ1v) is 9.89. The van der Waals surface area contributed by atoms with Gasteiger partial charge in [0.1, 0.15) is 17.5 Å². The van der Waals surface area contributed by atoms with E-state index < -0.39 is 40.7 Å². The molecule has 3 rings (SSSR count). The van der Waals surface area contributed by atoms with E-state index in [2.05, 4.69) is 20.7 Å². The Labute approximate surface area is 180 Å². The maximum absolute atomic E-state index is 12.5. The van der Waals surface area contributed by atoms with E-state index in [0.29, 0.717) is 5.56 Å². The number of hydrogen-bond donors (Lipinski definition) is 1. The molecule has 0 radical (unpaired) electrons. The molecule has 0 bridgehead atoms. The van der Waals surface area contributed by atoms with Gasteiger partial charge in [0.15, 0.2) is 6.10 Å². The van der Waals surface area contributed by atoms with Gasteiger partial charge in [-0.15, -0.1) is 0 Å². The van der Waals surface area contributed by atoms with Crippen LogP contribution in [0.25, 0.3) is 0 Å². The summed E-state index contributed by atoms with van der Waals surface area (Å²) in [6.07, 6.45) is -2.27. The van der Waals surface area contributed by atoms with Gasteiger partial charge in [0.25, 0.3) is 5.79 Å². The van der Waals surface area contributed by atoms with Crippen LogP contribution in [0.3, 0.4) is 0 Å². The van der Waals surface area contributed by atoms with Crippen molar-refractivity contribution in [1.82, 2.24) is 0 Å². The van der Waals surface area contributed by atoms with Crippen molar-refractivity contribution in [3.8, 4) is 0 Å². The van der Waals surface area contributed by atoms with Crippen LogP contribution in [0.2, 0.25) is 0 Å². The molecule has 1 heterocycles. The van der Waals surface area contributed by atoms with Gasteiger partial charge in [-0.3, -0.25) is 0 Å². The molecule has 1 unspecified atom stereocenters. The molecule has 0 saturated carbocycles. The number of carbonyl (C=O) groups excluding carboxylic acids is 3. The molecule has 0 spiro atoms. The first kappa shape index (κ1) is 21.9. The van der Waals surface area contributed by atoms with E-state index in [4.69, 9.17) is 14.2 Å². The van der Waals surface area contributed by atoms with Gasteiger partial charge in [-0.1, -0.05) is 52.3 Å². The van der Waals surface area contributed by atoms with Crippen molar-refractivity contribution in [1.29, 1.82) is 0 Å². The molecule has 0 aromatic heterocycles. The lowest BCUT2D eigenvalue weighted by Gasteiger charge is -2.23. The van der Waals surface area contributed by atoms with Crippen LogP contribution >= 0.6 is 15.9 Å². The molecule has 9 heteroatoms. The van der Waals surface area contributed by atoms with Crippen molar-refractivity contribution in [2.75, 3.05) is 13.7 Å². The van der Waals surface area contributed by atoms with E-state index in [1.54, 1.807) is 60.7 Å². The topological polar surface area (TPSA) is 108 Å². The molecule has 158 valence electrons. The Morgan fingerprint density at radius 2 is 1.53 bits per heavy atom. The zero-order valence-electron chi connectivity index (χ0n) is 15.9. The fraction of sp³-hybridized carbons (Fsp3) is 0.286. The summed E-state index contributed by atoms with van der Waals surface area (Å²) in [7, 11) is 1.08. The molecule has 4 atom stereocenters. The molecular weight excluding hydrogens is 460 g/mol. The smallest absolute Gasteiger partial charge is 0.367 e. The van der Waals surface area contributed by atoms with Crippen LogP contribution in [0.5, 0.6) is 0 Å². The SMILES string of the molecule is COC(=O)C1(O)O[C@H](COC(=O)c2ccccc2)[C@@H](OC(=O)c2ccccc2)[C@H]1Br. The maximum Gasteiger partial charge on any atom is 0.367 e. The first-order valence-electron chi connectivity index (χ1n) is 8.97. The van der Waals surface area contributed by atoms with Crippen LogP contribution in [-0.4, -0.2) is 59.6 Å². The van der Waals surface area contributed by atoms with Crippen LogP contribution < -0.4 is 0 Å². The highest BCUT2D eigenvalue weighted by Gasteiger charge is 2.61. The lowest BCUT2D eigenvalue weighted by molar-refractivity contribution is -0.220. The van der Waals surface area contributed by atoms with Crippen LogP contribution in [-0.2, 0) is 23.7 Å². The summed E-state index contributed by atoms with van der Waals surface area (Å²) in [4.78, 5) is 35.6. The van der Waals surface area contributed by atoms with E-state index in [0.717, 1.165) is 7.11 Å². The van der Waals surface area contributed by atoms with E-state index in [1.807, 2.05) is 0 Å². The quantitative estimate of drug-likeness (QED) is 0.381. The summed E-state index contributed by atoms with van der Waals surface area (Å²) in [5, 5.41) is 10.7. The van der Waals surface area contributed by atoms with Gasteiger partial charge in [-0.25, -0.2) is 14.4 Å². The number of alkyl halides is 1. The van der Waals surface area contributed by atoms with Crippen LogP contribution in [0, 0.1) is 0 Å². The number of carbonyl (C=O) groups is 3. The van der Waals surface area contributed by atoms with Crippen molar-refractivity contribution in [2.45, 2.75) is 22.8 Å². The highest BCUT2D eigenvalue weighted by molar-refractivity contribution is 9.09. The summed E-state index contributed by atoms with van der Waals surface area (Å²) in [5.41, 5.74) is 0.581. The third kappa shape index (κ3) is 4.53. The molecule has 2 aromatic carbocycles. The Morgan fingerprint density at radius 1 is 1.00 bits per heavy atom. The van der Waals surface area contributed by atoms with Crippen molar-refractivity contribution in [3.05, 3.63) is 71.8 Å². The number of hydrogen-bond acceptors (Lipinski definition) is 8. The second-order valence-electron chi connectivity index (χ2n) is 6.45. The molecular formula is C21H19BrO8. The second kappa shape index (κ2) is 9.38. The van der Waals surface area contributed by atoms with Gasteiger partial charge < -0.3 is 24.1 Å². The summed E-state index contributed by atoms with van der Waals surface area (Å²) < 4.78 is 20.8. The van der Waals surface area contributed by atoms with Crippen molar-refractivity contribution in [2.24, 2.45) is 0 Å². The normalized spacial score (nSPS) is 25.4. The van der Waals surface area contributed by atoms with Gasteiger partial charge in [0.05, 0.1) is 18.2 Å². The fourth-order valence-electron chi connectivity index (χ4n) is 2.93. The molecule has 1 fully saturated rings. The Kier molecular flexibility index (Phi) is 6.86. The number of benzene rings is 2. The molecule has 1 N–H and O–H groups in total. The van der Waals surface area contributed by atoms with Gasteiger partial charge >= 0.3 is 17.9 Å². The van der Waals surface area contributed by atoms with E-state index in [-0.39, 0.29) is 12.2 Å². The van der Waals surface area contributed by atoms with Crippen molar-refractivity contribution >= 4 is 33.8 Å². The fourth-order valence-corrected chi connectivity index (χ4v) is 3.67. The summed E-state index contributed by atoms with van der Waals surface area (Å²) in [6, 6.07) is 16.4. The lowest BCUT2D eigenvalue weighted by atomic mass is 10.1. The number of halogens is 1. The maximum atomic E-state index is 12.5. The zero-order chi connectivity index (χ0) is 21.7. The average molecular weight is 479 g/mol. The third-order valence-corrected chi connectivity index (χ3v) is 5.62. The number of methoxy groups -OCH3 is 1. The molecule has 30 heavy (non-hydrogen) atoms. The molecule has 1 aliphatic rings. The highest BCUT2D eigenvalue weighted by Crippen LogP contribution is 2.38. The van der Waals surface area contributed by atoms with Crippen LogP contribution in [0.15, 0.2) is 60.7 Å².